The summed E-state index contributed by atoms with van der Waals surface area (Å²) in [5.74, 6) is -0.0728. The second kappa shape index (κ2) is 5.46. The lowest BCUT2D eigenvalue weighted by Gasteiger charge is -2.06. The fourth-order valence-electron chi connectivity index (χ4n) is 1.41. The van der Waals surface area contributed by atoms with Gasteiger partial charge in [0.15, 0.2) is 0 Å². The minimum atomic E-state index is -0.602. The smallest absolute Gasteiger partial charge is 0.349 e. The second-order valence-corrected chi connectivity index (χ2v) is 3.89. The van der Waals surface area contributed by atoms with Gasteiger partial charge in [0.25, 0.3) is 5.88 Å². The molecule has 0 aliphatic carbocycles. The highest BCUT2D eigenvalue weighted by atomic mass is 35.5. The maximum Gasteiger partial charge on any atom is 0.349 e. The molecule has 92 valence electrons. The highest BCUT2D eigenvalue weighted by Crippen LogP contribution is 2.32. The van der Waals surface area contributed by atoms with Crippen LogP contribution >= 0.6 is 11.6 Å². The van der Waals surface area contributed by atoms with Gasteiger partial charge in [-0.1, -0.05) is 41.9 Å². The Hall–Kier alpha value is -2.14. The van der Waals surface area contributed by atoms with E-state index in [1.165, 1.54) is 12.3 Å². The molecule has 1 aromatic heterocycles. The predicted molar refractivity (Wildman–Crippen MR) is 66.7 cm³/mol. The molecule has 0 spiro atoms. The zero-order valence-corrected chi connectivity index (χ0v) is 10.0. The van der Waals surface area contributed by atoms with Gasteiger partial charge in [-0.25, -0.2) is 4.98 Å². The van der Waals surface area contributed by atoms with E-state index >= 15 is 0 Å². The van der Waals surface area contributed by atoms with Crippen LogP contribution in [0.4, 0.5) is 5.69 Å². The van der Waals surface area contributed by atoms with Crippen LogP contribution in [0.3, 0.4) is 0 Å². The van der Waals surface area contributed by atoms with E-state index in [4.69, 9.17) is 16.3 Å². The third kappa shape index (κ3) is 2.75. The fraction of sp³-hybridized carbons (Fsp3) is 0.0833. The molecule has 0 bridgehead atoms. The van der Waals surface area contributed by atoms with Crippen molar-refractivity contribution in [3.63, 3.8) is 0 Å². The number of hydrogen-bond donors (Lipinski definition) is 0. The van der Waals surface area contributed by atoms with Gasteiger partial charge >= 0.3 is 5.69 Å². The summed E-state index contributed by atoms with van der Waals surface area (Å²) < 4.78 is 5.33. The Balaban J connectivity index is 2.20. The monoisotopic (exact) mass is 264 g/mol. The molecule has 18 heavy (non-hydrogen) atoms. The molecule has 1 heterocycles. The van der Waals surface area contributed by atoms with Crippen LogP contribution < -0.4 is 4.74 Å². The van der Waals surface area contributed by atoms with Crippen molar-refractivity contribution in [2.75, 3.05) is 0 Å². The van der Waals surface area contributed by atoms with Gasteiger partial charge in [0, 0.05) is 6.20 Å². The van der Waals surface area contributed by atoms with E-state index in [9.17, 15) is 10.1 Å². The highest BCUT2D eigenvalue weighted by molar-refractivity contribution is 6.32. The normalized spacial score (nSPS) is 10.1. The topological polar surface area (TPSA) is 65.3 Å². The molecular weight excluding hydrogens is 256 g/mol. The zero-order chi connectivity index (χ0) is 13.0. The third-order valence-corrected chi connectivity index (χ3v) is 2.55. The molecule has 0 radical (unpaired) electrons. The summed E-state index contributed by atoms with van der Waals surface area (Å²) in [4.78, 5) is 14.1. The molecule has 0 amide bonds. The summed E-state index contributed by atoms with van der Waals surface area (Å²) in [6, 6.07) is 10.7. The minimum Gasteiger partial charge on any atom is -0.468 e. The van der Waals surface area contributed by atoms with Gasteiger partial charge in [0.2, 0.25) is 0 Å². The summed E-state index contributed by atoms with van der Waals surface area (Å²) in [6.45, 7) is 0.203. The Morgan fingerprint density at radius 1 is 1.28 bits per heavy atom. The first-order valence-electron chi connectivity index (χ1n) is 5.14. The van der Waals surface area contributed by atoms with Gasteiger partial charge in [0.05, 0.1) is 4.92 Å². The van der Waals surface area contributed by atoms with Crippen LogP contribution in [0.5, 0.6) is 5.88 Å². The molecule has 0 saturated carbocycles. The summed E-state index contributed by atoms with van der Waals surface area (Å²) in [5.41, 5.74) is 0.587. The summed E-state index contributed by atoms with van der Waals surface area (Å²) in [5, 5.41) is 10.9. The van der Waals surface area contributed by atoms with Crippen LogP contribution in [-0.2, 0) is 6.61 Å². The van der Waals surface area contributed by atoms with Crippen molar-refractivity contribution in [1.82, 2.24) is 4.98 Å². The first-order valence-corrected chi connectivity index (χ1v) is 5.52. The standard InChI is InChI=1S/C12H9ClN2O3/c13-10-6-7-14-12(11(10)15(16)17)18-8-9-4-2-1-3-5-9/h1-7H,8H2. The Bertz CT molecular complexity index is 561. The largest absolute Gasteiger partial charge is 0.468 e. The first-order chi connectivity index (χ1) is 8.68. The van der Waals surface area contributed by atoms with E-state index < -0.39 is 4.92 Å². The first kappa shape index (κ1) is 12.3. The molecule has 6 heteroatoms. The van der Waals surface area contributed by atoms with Gasteiger partial charge < -0.3 is 4.74 Å². The SMILES string of the molecule is O=[N+]([O-])c1c(Cl)ccnc1OCc1ccccc1. The Labute approximate surface area is 108 Å². The number of ether oxygens (including phenoxy) is 1. The lowest BCUT2D eigenvalue weighted by atomic mass is 10.2. The molecule has 1 aromatic carbocycles. The van der Waals surface area contributed by atoms with Crippen LogP contribution in [0.1, 0.15) is 5.56 Å². The van der Waals surface area contributed by atoms with E-state index in [1.54, 1.807) is 0 Å². The number of nitro groups is 1. The van der Waals surface area contributed by atoms with Gasteiger partial charge in [-0.05, 0) is 11.6 Å². The fourth-order valence-corrected chi connectivity index (χ4v) is 1.62. The molecule has 0 aliphatic rings. The number of aromatic nitrogens is 1. The molecule has 0 aliphatic heterocycles. The summed E-state index contributed by atoms with van der Waals surface area (Å²) >= 11 is 5.74. The van der Waals surface area contributed by atoms with E-state index in [-0.39, 0.29) is 23.2 Å². The van der Waals surface area contributed by atoms with E-state index in [0.29, 0.717) is 0 Å². The molecule has 0 unspecified atom stereocenters. The predicted octanol–water partition coefficient (Wildman–Crippen LogP) is 3.22. The van der Waals surface area contributed by atoms with Gasteiger partial charge in [-0.3, -0.25) is 10.1 Å². The quantitative estimate of drug-likeness (QED) is 0.628. The van der Waals surface area contributed by atoms with Crippen LogP contribution in [0.2, 0.25) is 5.02 Å². The van der Waals surface area contributed by atoms with E-state index in [0.717, 1.165) is 5.56 Å². The minimum absolute atomic E-state index is 0.0121. The van der Waals surface area contributed by atoms with Crippen molar-refractivity contribution in [3.05, 3.63) is 63.3 Å². The Morgan fingerprint density at radius 2 is 2.00 bits per heavy atom. The number of rotatable bonds is 4. The van der Waals surface area contributed by atoms with Crippen LogP contribution in [0, 0.1) is 10.1 Å². The van der Waals surface area contributed by atoms with Crippen LogP contribution in [0.25, 0.3) is 0 Å². The van der Waals surface area contributed by atoms with Crippen molar-refractivity contribution in [2.45, 2.75) is 6.61 Å². The van der Waals surface area contributed by atoms with Gasteiger partial charge in [-0.15, -0.1) is 0 Å². The molecular formula is C12H9ClN2O3. The van der Waals surface area contributed by atoms with Gasteiger partial charge in [-0.2, -0.15) is 0 Å². The third-order valence-electron chi connectivity index (χ3n) is 2.24. The maximum atomic E-state index is 10.9. The highest BCUT2D eigenvalue weighted by Gasteiger charge is 2.21. The number of benzene rings is 1. The average Bonchev–Trinajstić information content (AvgIpc) is 2.37. The van der Waals surface area contributed by atoms with E-state index in [2.05, 4.69) is 4.98 Å². The lowest BCUT2D eigenvalue weighted by molar-refractivity contribution is -0.386. The summed E-state index contributed by atoms with van der Waals surface area (Å²) in [7, 11) is 0. The van der Waals surface area contributed by atoms with E-state index in [1.807, 2.05) is 30.3 Å². The van der Waals surface area contributed by atoms with Crippen LogP contribution in [0.15, 0.2) is 42.6 Å². The lowest BCUT2D eigenvalue weighted by Crippen LogP contribution is -2.01. The number of nitrogens with zero attached hydrogens (tertiary/aromatic N) is 2. The average molecular weight is 265 g/mol. The van der Waals surface area contributed by atoms with Crippen molar-refractivity contribution >= 4 is 17.3 Å². The molecule has 0 atom stereocenters. The number of halogens is 1. The molecule has 2 rings (SSSR count). The summed E-state index contributed by atoms with van der Waals surface area (Å²) in [6.07, 6.45) is 1.37. The number of pyridine rings is 1. The number of hydrogen-bond acceptors (Lipinski definition) is 4. The van der Waals surface area contributed by atoms with Crippen molar-refractivity contribution < 1.29 is 9.66 Å². The van der Waals surface area contributed by atoms with Crippen LogP contribution in [-0.4, -0.2) is 9.91 Å². The second-order valence-electron chi connectivity index (χ2n) is 3.48. The Morgan fingerprint density at radius 3 is 2.67 bits per heavy atom. The molecule has 0 fully saturated rings. The molecule has 0 saturated heterocycles. The molecule has 2 aromatic rings. The zero-order valence-electron chi connectivity index (χ0n) is 9.25. The van der Waals surface area contributed by atoms with Gasteiger partial charge in [0.1, 0.15) is 11.6 Å². The van der Waals surface area contributed by atoms with Crippen molar-refractivity contribution in [3.8, 4) is 5.88 Å². The molecule has 0 N–H and O–H groups in total. The Kier molecular flexibility index (Phi) is 3.74. The van der Waals surface area contributed by atoms with Crippen molar-refractivity contribution in [1.29, 1.82) is 0 Å². The maximum absolute atomic E-state index is 10.9. The molecule has 5 nitrogen and oxygen atoms in total. The van der Waals surface area contributed by atoms with Crippen molar-refractivity contribution in [2.24, 2.45) is 0 Å².